The Labute approximate surface area is 123 Å². The van der Waals surface area contributed by atoms with Gasteiger partial charge in [-0.2, -0.15) is 11.3 Å². The summed E-state index contributed by atoms with van der Waals surface area (Å²) in [6.07, 6.45) is 0. The maximum Gasteiger partial charge on any atom is 0.0623 e. The molecule has 1 N–H and O–H groups in total. The number of benzene rings is 1. The summed E-state index contributed by atoms with van der Waals surface area (Å²) >= 11 is 17.7. The minimum Gasteiger partial charge on any atom is -0.309 e. The molecule has 0 spiro atoms. The van der Waals surface area contributed by atoms with Crippen molar-refractivity contribution in [2.45, 2.75) is 6.04 Å². The van der Waals surface area contributed by atoms with Crippen molar-refractivity contribution in [3.05, 3.63) is 54.6 Å². The molecule has 1 nitrogen and oxygen atoms in total. The number of hydrogen-bond donors (Lipinski definition) is 1. The smallest absolute Gasteiger partial charge is 0.0623 e. The van der Waals surface area contributed by atoms with Crippen molar-refractivity contribution in [1.29, 1.82) is 0 Å². The van der Waals surface area contributed by atoms with Crippen LogP contribution in [0.2, 0.25) is 10.0 Å². The van der Waals surface area contributed by atoms with Crippen molar-refractivity contribution in [3.8, 4) is 0 Å². The summed E-state index contributed by atoms with van der Waals surface area (Å²) < 4.78 is 1.07. The van der Waals surface area contributed by atoms with Crippen LogP contribution in [0.1, 0.15) is 17.2 Å². The fourth-order valence-electron chi connectivity index (χ4n) is 1.74. The topological polar surface area (TPSA) is 12.0 Å². The molecule has 1 aromatic heterocycles. The molecule has 1 unspecified atom stereocenters. The first-order valence-corrected chi connectivity index (χ1v) is 7.47. The molecule has 5 heteroatoms. The van der Waals surface area contributed by atoms with Crippen molar-refractivity contribution >= 4 is 50.5 Å². The lowest BCUT2D eigenvalue weighted by Gasteiger charge is -2.19. The molecule has 2 rings (SSSR count). The number of halogens is 3. The van der Waals surface area contributed by atoms with Crippen molar-refractivity contribution in [3.63, 3.8) is 0 Å². The molecule has 2 aromatic rings. The maximum atomic E-state index is 6.24. The third-order valence-corrected chi connectivity index (χ3v) is 4.94. The van der Waals surface area contributed by atoms with Crippen LogP contribution in [0, 0.1) is 0 Å². The molecule has 90 valence electrons. The van der Waals surface area contributed by atoms with Crippen LogP contribution in [-0.2, 0) is 0 Å². The molecule has 0 saturated carbocycles. The molecular formula is C12H10BrCl2NS. The molecule has 0 aliphatic rings. The van der Waals surface area contributed by atoms with Crippen molar-refractivity contribution in [2.24, 2.45) is 0 Å². The second-order valence-electron chi connectivity index (χ2n) is 3.53. The molecule has 0 fully saturated rings. The van der Waals surface area contributed by atoms with E-state index < -0.39 is 0 Å². The van der Waals surface area contributed by atoms with Gasteiger partial charge in [0.05, 0.1) is 6.04 Å². The lowest BCUT2D eigenvalue weighted by atomic mass is 10.0. The molecule has 0 amide bonds. The summed E-state index contributed by atoms with van der Waals surface area (Å²) in [5, 5.41) is 8.74. The monoisotopic (exact) mass is 349 g/mol. The minimum atomic E-state index is -0.00294. The Bertz CT molecular complexity index is 507. The first kappa shape index (κ1) is 13.4. The highest BCUT2D eigenvalue weighted by Gasteiger charge is 2.20. The van der Waals surface area contributed by atoms with E-state index in [9.17, 15) is 0 Å². The zero-order valence-electron chi connectivity index (χ0n) is 9.01. The first-order chi connectivity index (χ1) is 8.15. The van der Waals surface area contributed by atoms with E-state index in [0.29, 0.717) is 10.0 Å². The molecule has 0 bridgehead atoms. The van der Waals surface area contributed by atoms with E-state index in [-0.39, 0.29) is 6.04 Å². The van der Waals surface area contributed by atoms with Crippen LogP contribution in [0.25, 0.3) is 0 Å². The molecule has 0 radical (unpaired) electrons. The molecule has 1 atom stereocenters. The highest BCUT2D eigenvalue weighted by Crippen LogP contribution is 2.37. The second kappa shape index (κ2) is 5.72. The molecule has 1 aromatic carbocycles. The van der Waals surface area contributed by atoms with Crippen molar-refractivity contribution in [2.75, 3.05) is 7.05 Å². The molecule has 1 heterocycles. The quantitative estimate of drug-likeness (QED) is 0.809. The second-order valence-corrected chi connectivity index (χ2v) is 5.94. The summed E-state index contributed by atoms with van der Waals surface area (Å²) in [6.45, 7) is 0. The van der Waals surface area contributed by atoms with Crippen molar-refractivity contribution in [1.82, 2.24) is 5.32 Å². The highest BCUT2D eigenvalue weighted by molar-refractivity contribution is 9.10. The van der Waals surface area contributed by atoms with E-state index in [2.05, 4.69) is 26.6 Å². The number of rotatable bonds is 3. The van der Waals surface area contributed by atoms with Gasteiger partial charge in [0.15, 0.2) is 0 Å². The fraction of sp³-hybridized carbons (Fsp3) is 0.167. The Morgan fingerprint density at radius 1 is 1.24 bits per heavy atom. The van der Waals surface area contributed by atoms with Crippen LogP contribution in [0.4, 0.5) is 0 Å². The van der Waals surface area contributed by atoms with Crippen molar-refractivity contribution < 1.29 is 0 Å². The van der Waals surface area contributed by atoms with Gasteiger partial charge in [-0.15, -0.1) is 0 Å². The van der Waals surface area contributed by atoms with Gasteiger partial charge in [0.25, 0.3) is 0 Å². The van der Waals surface area contributed by atoms with E-state index in [4.69, 9.17) is 23.2 Å². The predicted octanol–water partition coefficient (Wildman–Crippen LogP) is 5.13. The number of hydrogen-bond acceptors (Lipinski definition) is 2. The number of nitrogens with one attached hydrogen (secondary N) is 1. The van der Waals surface area contributed by atoms with E-state index in [0.717, 1.165) is 15.6 Å². The number of thiophene rings is 1. The summed E-state index contributed by atoms with van der Waals surface area (Å²) in [5.74, 6) is 0. The lowest BCUT2D eigenvalue weighted by Crippen LogP contribution is -2.18. The van der Waals surface area contributed by atoms with E-state index >= 15 is 0 Å². The fourth-order valence-corrected chi connectivity index (χ4v) is 3.91. The Hall–Kier alpha value is -0.0600. The predicted molar refractivity (Wildman–Crippen MR) is 79.4 cm³/mol. The summed E-state index contributed by atoms with van der Waals surface area (Å²) in [4.78, 5) is 0. The van der Waals surface area contributed by atoms with Gasteiger partial charge in [-0.25, -0.2) is 0 Å². The normalized spacial score (nSPS) is 12.7. The summed E-state index contributed by atoms with van der Waals surface area (Å²) in [7, 11) is 1.90. The Morgan fingerprint density at radius 3 is 2.35 bits per heavy atom. The average molecular weight is 351 g/mol. The highest BCUT2D eigenvalue weighted by atomic mass is 79.9. The van der Waals surface area contributed by atoms with E-state index in [1.54, 1.807) is 11.3 Å². The zero-order chi connectivity index (χ0) is 12.4. The van der Waals surface area contributed by atoms with E-state index in [1.165, 1.54) is 0 Å². The third kappa shape index (κ3) is 2.69. The Morgan fingerprint density at radius 2 is 1.88 bits per heavy atom. The summed E-state index contributed by atoms with van der Waals surface area (Å²) in [6, 6.07) is 5.56. The van der Waals surface area contributed by atoms with Crippen LogP contribution >= 0.6 is 50.5 Å². The van der Waals surface area contributed by atoms with Gasteiger partial charge in [-0.3, -0.25) is 0 Å². The Kier molecular flexibility index (Phi) is 4.50. The van der Waals surface area contributed by atoms with Crippen LogP contribution in [0.3, 0.4) is 0 Å². The van der Waals surface area contributed by atoms with Gasteiger partial charge in [0.2, 0.25) is 0 Å². The lowest BCUT2D eigenvalue weighted by molar-refractivity contribution is 0.692. The van der Waals surface area contributed by atoms with Gasteiger partial charge in [0, 0.05) is 25.5 Å². The van der Waals surface area contributed by atoms with Gasteiger partial charge in [-0.05, 0) is 46.1 Å². The first-order valence-electron chi connectivity index (χ1n) is 4.98. The molecule has 17 heavy (non-hydrogen) atoms. The largest absolute Gasteiger partial charge is 0.309 e. The van der Waals surface area contributed by atoms with Crippen LogP contribution < -0.4 is 5.32 Å². The van der Waals surface area contributed by atoms with Crippen LogP contribution in [0.5, 0.6) is 0 Å². The van der Waals surface area contributed by atoms with Gasteiger partial charge < -0.3 is 5.32 Å². The molecular weight excluding hydrogens is 341 g/mol. The minimum absolute atomic E-state index is 0.00294. The van der Waals surface area contributed by atoms with Crippen LogP contribution in [-0.4, -0.2) is 7.05 Å². The summed E-state index contributed by atoms with van der Waals surface area (Å²) in [5.41, 5.74) is 2.06. The molecule has 0 saturated heterocycles. The van der Waals surface area contributed by atoms with Gasteiger partial charge >= 0.3 is 0 Å². The third-order valence-electron chi connectivity index (χ3n) is 2.53. The maximum absolute atomic E-state index is 6.24. The Balaban J connectivity index is 2.53. The van der Waals surface area contributed by atoms with Crippen LogP contribution in [0.15, 0.2) is 33.4 Å². The van der Waals surface area contributed by atoms with Gasteiger partial charge in [0.1, 0.15) is 0 Å². The zero-order valence-corrected chi connectivity index (χ0v) is 12.9. The van der Waals surface area contributed by atoms with Gasteiger partial charge in [-0.1, -0.05) is 29.3 Å². The molecule has 0 aliphatic carbocycles. The average Bonchev–Trinajstić information content (AvgIpc) is 2.70. The van der Waals surface area contributed by atoms with E-state index in [1.807, 2.05) is 30.6 Å². The standard InChI is InChI=1S/C12H10BrCl2NS/c1-16-12(7-5-17-6-8(7)13)11-9(14)3-2-4-10(11)15/h2-6,12,16H,1H3. The SMILES string of the molecule is CNC(c1cscc1Br)c1c(Cl)cccc1Cl. The molecule has 0 aliphatic heterocycles.